The summed E-state index contributed by atoms with van der Waals surface area (Å²) in [4.78, 5) is 37.2. The Morgan fingerprint density at radius 3 is 1.21 bits per heavy atom. The molecule has 0 rings (SSSR count). The molecule has 0 aromatic heterocycles. The third-order valence-electron chi connectivity index (χ3n) is 12.1. The molecule has 382 valence electrons. The number of ether oxygens (including phenoxy) is 3. The Bertz CT molecular complexity index is 1260. The first-order valence-corrected chi connectivity index (χ1v) is 27.3. The van der Waals surface area contributed by atoms with Gasteiger partial charge in [-0.05, 0) is 83.5 Å². The maximum atomic E-state index is 12.8. The fraction of sp³-hybridized carbons (Fsp3) is 0.776. The molecule has 0 fully saturated rings. The number of likely N-dealkylation sites (N-methyl/N-ethyl adjacent to an activating group) is 1. The molecular weight excluding hydrogens is 823 g/mol. The number of hydrogen-bond donors (Lipinski definition) is 1. The highest BCUT2D eigenvalue weighted by Gasteiger charge is 2.31. The molecule has 0 radical (unpaired) electrons. The molecule has 0 aromatic rings. The minimum absolute atomic E-state index is 0.0541. The fourth-order valence-corrected chi connectivity index (χ4v) is 7.89. The Balaban J connectivity index is 4.22. The van der Waals surface area contributed by atoms with Crippen molar-refractivity contribution in [1.82, 2.24) is 0 Å². The van der Waals surface area contributed by atoms with Crippen LogP contribution in [0.25, 0.3) is 0 Å². The van der Waals surface area contributed by atoms with Gasteiger partial charge in [0.25, 0.3) is 0 Å². The van der Waals surface area contributed by atoms with Crippen LogP contribution in [0, 0.1) is 0 Å². The molecule has 0 aromatic carbocycles. The number of quaternary nitrogens is 1. The van der Waals surface area contributed by atoms with E-state index in [1.807, 2.05) is 21.1 Å². The average Bonchev–Trinajstić information content (AvgIpc) is 3.28. The molecule has 0 heterocycles. The fourth-order valence-electron chi connectivity index (χ4n) is 7.89. The first-order chi connectivity index (χ1) is 32.1. The van der Waals surface area contributed by atoms with Crippen LogP contribution in [0.2, 0.25) is 0 Å². The molecule has 0 spiro atoms. The minimum Gasteiger partial charge on any atom is -0.477 e. The van der Waals surface area contributed by atoms with E-state index < -0.39 is 18.1 Å². The quantitative estimate of drug-likeness (QED) is 0.0281. The molecule has 2 unspecified atom stereocenters. The maximum absolute atomic E-state index is 12.8. The van der Waals surface area contributed by atoms with Gasteiger partial charge in [0.2, 0.25) is 0 Å². The Hall–Kier alpha value is -2.97. The van der Waals surface area contributed by atoms with Crippen molar-refractivity contribution >= 4 is 17.9 Å². The highest BCUT2D eigenvalue weighted by Crippen LogP contribution is 2.15. The normalized spacial score (nSPS) is 13.3. The lowest BCUT2D eigenvalue weighted by Gasteiger charge is -2.31. The Morgan fingerprint density at radius 1 is 0.455 bits per heavy atom. The van der Waals surface area contributed by atoms with Crippen LogP contribution in [0.3, 0.4) is 0 Å². The van der Waals surface area contributed by atoms with Crippen molar-refractivity contribution in [2.75, 3.05) is 41.0 Å². The van der Waals surface area contributed by atoms with E-state index in [-0.39, 0.29) is 36.2 Å². The van der Waals surface area contributed by atoms with Crippen LogP contribution in [0.1, 0.15) is 239 Å². The number of esters is 2. The van der Waals surface area contributed by atoms with Crippen LogP contribution in [0.5, 0.6) is 0 Å². The van der Waals surface area contributed by atoms with Gasteiger partial charge in [-0.1, -0.05) is 197 Å². The highest BCUT2D eigenvalue weighted by molar-refractivity contribution is 5.72. The summed E-state index contributed by atoms with van der Waals surface area (Å²) in [6, 6.07) is -0.620. The van der Waals surface area contributed by atoms with Crippen LogP contribution in [-0.4, -0.2) is 80.6 Å². The molecule has 0 aliphatic carbocycles. The summed E-state index contributed by atoms with van der Waals surface area (Å²) < 4.78 is 17.4. The third kappa shape index (κ3) is 46.2. The lowest BCUT2D eigenvalue weighted by Crippen LogP contribution is -2.50. The zero-order valence-electron chi connectivity index (χ0n) is 43.6. The molecule has 0 saturated carbocycles. The van der Waals surface area contributed by atoms with Gasteiger partial charge in [-0.2, -0.15) is 0 Å². The van der Waals surface area contributed by atoms with Gasteiger partial charge in [0.1, 0.15) is 6.61 Å². The molecule has 0 aliphatic heterocycles. The van der Waals surface area contributed by atoms with Crippen molar-refractivity contribution < 1.29 is 38.2 Å². The summed E-state index contributed by atoms with van der Waals surface area (Å²) in [5.74, 6) is -1.48. The van der Waals surface area contributed by atoms with Gasteiger partial charge in [0, 0.05) is 19.3 Å². The number of aliphatic carboxylic acids is 1. The van der Waals surface area contributed by atoms with Crippen molar-refractivity contribution in [3.05, 3.63) is 60.8 Å². The van der Waals surface area contributed by atoms with E-state index in [1.165, 1.54) is 135 Å². The third-order valence-corrected chi connectivity index (χ3v) is 12.1. The number of unbranched alkanes of at least 4 members (excludes halogenated alkanes) is 25. The monoisotopic (exact) mass is 927 g/mol. The van der Waals surface area contributed by atoms with Crippen LogP contribution in [0.4, 0.5) is 0 Å². The topological polar surface area (TPSA) is 99.1 Å². The molecule has 1 N–H and O–H groups in total. The zero-order chi connectivity index (χ0) is 48.4. The predicted octanol–water partition coefficient (Wildman–Crippen LogP) is 16.1. The van der Waals surface area contributed by atoms with Gasteiger partial charge in [-0.3, -0.25) is 9.59 Å². The van der Waals surface area contributed by atoms with Gasteiger partial charge in [-0.15, -0.1) is 0 Å². The smallest absolute Gasteiger partial charge is 0.362 e. The minimum atomic E-state index is -0.877. The Morgan fingerprint density at radius 2 is 0.803 bits per heavy atom. The lowest BCUT2D eigenvalue weighted by atomic mass is 10.0. The molecule has 0 amide bonds. The number of allylic oxidation sites excluding steroid dienone is 10. The van der Waals surface area contributed by atoms with E-state index in [0.717, 1.165) is 70.6 Å². The second kappa shape index (κ2) is 48.5. The van der Waals surface area contributed by atoms with Crippen molar-refractivity contribution in [1.29, 1.82) is 0 Å². The van der Waals surface area contributed by atoms with Crippen LogP contribution in [0.15, 0.2) is 60.8 Å². The summed E-state index contributed by atoms with van der Waals surface area (Å²) in [5.41, 5.74) is 0. The summed E-state index contributed by atoms with van der Waals surface area (Å²) in [6.07, 6.45) is 61.3. The Labute approximate surface area is 407 Å². The summed E-state index contributed by atoms with van der Waals surface area (Å²) in [6.45, 7) is 4.70. The van der Waals surface area contributed by atoms with E-state index >= 15 is 0 Å². The summed E-state index contributed by atoms with van der Waals surface area (Å²) in [7, 11) is 5.53. The number of rotatable bonds is 49. The standard InChI is InChI=1S/C58H103NO7/c1-6-8-10-12-14-16-18-20-22-24-26-27-28-29-31-32-34-36-38-40-42-44-46-48-56(60)65-53-54(52-64-51-50-55(58(62)63)59(3,4)5)66-57(61)49-47-45-43-41-39-37-35-33-30-25-23-21-19-17-15-13-11-9-7-2/h15,17-18,20-21,23-24,26,30,33,54-55H,6-14,16,19,22,25,27-29,31-32,34-53H2,1-5H3/p+1/b17-15-,20-18-,23-21-,26-24-,33-30-. The van der Waals surface area contributed by atoms with Crippen LogP contribution in [-0.2, 0) is 28.6 Å². The van der Waals surface area contributed by atoms with Crippen LogP contribution < -0.4 is 0 Å². The number of carbonyl (C=O) groups is 3. The summed E-state index contributed by atoms with van der Waals surface area (Å²) >= 11 is 0. The number of nitrogens with zero attached hydrogens (tertiary/aromatic N) is 1. The second-order valence-electron chi connectivity index (χ2n) is 19.5. The molecule has 66 heavy (non-hydrogen) atoms. The van der Waals surface area contributed by atoms with E-state index in [9.17, 15) is 19.5 Å². The average molecular weight is 927 g/mol. The predicted molar refractivity (Wildman–Crippen MR) is 280 cm³/mol. The molecule has 0 saturated heterocycles. The van der Waals surface area contributed by atoms with Gasteiger partial charge in [0.15, 0.2) is 12.1 Å². The van der Waals surface area contributed by atoms with Gasteiger partial charge in [0.05, 0.1) is 34.4 Å². The second-order valence-corrected chi connectivity index (χ2v) is 19.5. The lowest BCUT2D eigenvalue weighted by molar-refractivity contribution is -0.887. The maximum Gasteiger partial charge on any atom is 0.362 e. The first kappa shape index (κ1) is 63.0. The van der Waals surface area contributed by atoms with E-state index in [0.29, 0.717) is 19.3 Å². The molecule has 0 bridgehead atoms. The van der Waals surface area contributed by atoms with Crippen LogP contribution >= 0.6 is 0 Å². The van der Waals surface area contributed by atoms with Gasteiger partial charge in [-0.25, -0.2) is 4.79 Å². The number of carboxylic acid groups (broad SMARTS) is 1. The number of carbonyl (C=O) groups excluding carboxylic acids is 2. The van der Waals surface area contributed by atoms with Crippen molar-refractivity contribution in [2.45, 2.75) is 251 Å². The largest absolute Gasteiger partial charge is 0.477 e. The van der Waals surface area contributed by atoms with Gasteiger partial charge < -0.3 is 23.8 Å². The zero-order valence-corrected chi connectivity index (χ0v) is 43.6. The molecule has 8 nitrogen and oxygen atoms in total. The first-order valence-electron chi connectivity index (χ1n) is 27.3. The van der Waals surface area contributed by atoms with E-state index in [4.69, 9.17) is 14.2 Å². The number of hydrogen-bond acceptors (Lipinski definition) is 6. The molecule has 0 aliphatic rings. The number of carboxylic acids is 1. The highest BCUT2D eigenvalue weighted by atomic mass is 16.6. The molecule has 8 heteroatoms. The van der Waals surface area contributed by atoms with Crippen molar-refractivity contribution in [3.8, 4) is 0 Å². The van der Waals surface area contributed by atoms with E-state index in [1.54, 1.807) is 0 Å². The van der Waals surface area contributed by atoms with Crippen molar-refractivity contribution in [2.24, 2.45) is 0 Å². The van der Waals surface area contributed by atoms with E-state index in [2.05, 4.69) is 74.6 Å². The van der Waals surface area contributed by atoms with Gasteiger partial charge >= 0.3 is 17.9 Å². The summed E-state index contributed by atoms with van der Waals surface area (Å²) in [5, 5.41) is 9.67. The Kier molecular flexibility index (Phi) is 46.3. The molecule has 2 atom stereocenters. The molecular formula is C58H104NO7+. The SMILES string of the molecule is CCCCC/C=C\C/C=C\C/C=C\CCCCCCCCC(=O)OC(COCCC(C(=O)O)[N+](C)(C)C)COC(=O)CCCCCCCCCCCCC/C=C\C/C=C\CCCCCCC. The van der Waals surface area contributed by atoms with Crippen molar-refractivity contribution in [3.63, 3.8) is 0 Å².